The number of aryl methyl sites for hydroxylation is 2. The largest absolute Gasteiger partial charge is 0.494 e. The lowest BCUT2D eigenvalue weighted by molar-refractivity contribution is -0.143. The van der Waals surface area contributed by atoms with Gasteiger partial charge in [0.25, 0.3) is 0 Å². The summed E-state index contributed by atoms with van der Waals surface area (Å²) >= 11 is 0. The van der Waals surface area contributed by atoms with Crippen molar-refractivity contribution >= 4 is 27.0 Å². The van der Waals surface area contributed by atoms with Crippen LogP contribution in [0.5, 0.6) is 11.5 Å². The van der Waals surface area contributed by atoms with E-state index in [0.29, 0.717) is 17.0 Å². The van der Waals surface area contributed by atoms with Crippen LogP contribution in [0.4, 0.5) is 0 Å². The molecule has 1 aromatic heterocycles. The molecule has 5 rings (SSSR count). The zero-order valence-corrected chi connectivity index (χ0v) is 28.1. The van der Waals surface area contributed by atoms with Gasteiger partial charge in [-0.25, -0.2) is 13.1 Å². The van der Waals surface area contributed by atoms with E-state index in [1.807, 2.05) is 50.2 Å². The van der Waals surface area contributed by atoms with Gasteiger partial charge in [-0.3, -0.25) is 4.79 Å². The molecule has 240 valence electrons. The molecular weight excluding hydrogens is 592 g/mol. The van der Waals surface area contributed by atoms with Crippen LogP contribution in [0.2, 0.25) is 0 Å². The summed E-state index contributed by atoms with van der Waals surface area (Å²) in [6.07, 6.45) is -0.270. The molecule has 1 aliphatic rings. The first-order valence-electron chi connectivity index (χ1n) is 15.2. The predicted octanol–water partition coefficient (Wildman–Crippen LogP) is 5.64. The number of esters is 1. The van der Waals surface area contributed by atoms with E-state index in [2.05, 4.69) is 31.1 Å². The van der Waals surface area contributed by atoms with Crippen molar-refractivity contribution in [2.75, 3.05) is 20.3 Å². The average Bonchev–Trinajstić information content (AvgIpc) is 3.32. The zero-order chi connectivity index (χ0) is 32.7. The van der Waals surface area contributed by atoms with Crippen molar-refractivity contribution in [3.63, 3.8) is 0 Å². The Kier molecular flexibility index (Phi) is 8.97. The molecule has 1 aliphatic heterocycles. The van der Waals surface area contributed by atoms with Gasteiger partial charge >= 0.3 is 5.97 Å². The van der Waals surface area contributed by atoms with Crippen molar-refractivity contribution in [2.24, 2.45) is 7.05 Å². The Bertz CT molecular complexity index is 1840. The minimum Gasteiger partial charge on any atom is -0.494 e. The number of fused-ring (bicyclic) bond motifs is 2. The molecule has 0 saturated heterocycles. The van der Waals surface area contributed by atoms with E-state index in [-0.39, 0.29) is 48.5 Å². The molecule has 4 aromatic rings. The van der Waals surface area contributed by atoms with Crippen LogP contribution in [-0.4, -0.2) is 60.1 Å². The third kappa shape index (κ3) is 6.55. The number of rotatable bonds is 8. The van der Waals surface area contributed by atoms with Gasteiger partial charge in [-0.2, -0.15) is 4.31 Å². The number of carbonyl (C=O) groups is 1. The number of aromatic nitrogens is 3. The summed E-state index contributed by atoms with van der Waals surface area (Å²) in [6, 6.07) is 15.2. The van der Waals surface area contributed by atoms with Crippen LogP contribution in [0.25, 0.3) is 11.0 Å². The normalized spacial score (nSPS) is 17.3. The Balaban J connectivity index is 1.57. The fourth-order valence-electron chi connectivity index (χ4n) is 5.82. The fraction of sp³-hybridized carbons (Fsp3) is 0.441. The predicted molar refractivity (Wildman–Crippen MR) is 172 cm³/mol. The van der Waals surface area contributed by atoms with E-state index in [1.54, 1.807) is 37.9 Å². The summed E-state index contributed by atoms with van der Waals surface area (Å²) in [5.74, 6) is 0.220. The number of hydrogen-bond acceptors (Lipinski definition) is 8. The maximum Gasteiger partial charge on any atom is 0.306 e. The zero-order valence-electron chi connectivity index (χ0n) is 27.2. The lowest BCUT2D eigenvalue weighted by atomic mass is 9.86. The van der Waals surface area contributed by atoms with Gasteiger partial charge in [0, 0.05) is 19.5 Å². The number of nitrogens with zero attached hydrogens (tertiary/aromatic N) is 4. The second-order valence-electron chi connectivity index (χ2n) is 12.7. The average molecular weight is 635 g/mol. The van der Waals surface area contributed by atoms with E-state index in [4.69, 9.17) is 14.2 Å². The first-order chi connectivity index (χ1) is 21.2. The monoisotopic (exact) mass is 634 g/mol. The topological polar surface area (TPSA) is 113 Å². The van der Waals surface area contributed by atoms with Gasteiger partial charge in [0.05, 0.1) is 26.7 Å². The van der Waals surface area contributed by atoms with Gasteiger partial charge in [0.2, 0.25) is 10.0 Å². The van der Waals surface area contributed by atoms with Gasteiger partial charge in [0.1, 0.15) is 33.5 Å². The summed E-state index contributed by atoms with van der Waals surface area (Å²) in [5.41, 5.74) is 5.51. The number of ether oxygens (including phenoxy) is 3. The molecule has 0 spiro atoms. The highest BCUT2D eigenvalue weighted by Crippen LogP contribution is 2.38. The maximum atomic E-state index is 14.2. The van der Waals surface area contributed by atoms with Crippen LogP contribution >= 0.6 is 0 Å². The smallest absolute Gasteiger partial charge is 0.306 e. The molecule has 2 heterocycles. The standard InChI is InChI=1S/C34H42N4O6S/c1-9-43-32(39)18-27(24-15-28-33(30(16-24)42-8)37(7)36-35-28)23-11-10-21(2)25(14-23)20-38-19-22(3)44-29-13-12-26(34(4,5)6)17-31(29)45(38,40)41/h10-17,22,27H,9,18-20H2,1-8H3/t22-,27+/m1/s1. The first kappa shape index (κ1) is 32.4. The fourth-order valence-corrected chi connectivity index (χ4v) is 7.46. The molecule has 11 heteroatoms. The summed E-state index contributed by atoms with van der Waals surface area (Å²) in [7, 11) is -0.508. The van der Waals surface area contributed by atoms with E-state index in [0.717, 1.165) is 33.3 Å². The molecule has 0 radical (unpaired) electrons. The van der Waals surface area contributed by atoms with Crippen molar-refractivity contribution in [3.05, 3.63) is 76.3 Å². The van der Waals surface area contributed by atoms with E-state index in [9.17, 15) is 13.2 Å². The SMILES string of the molecule is CCOC(=O)C[C@@H](c1ccc(C)c(CN2C[C@@H](C)Oc3ccc(C(C)(C)C)cc3S2(=O)=O)c1)c1cc(OC)c2c(c1)nnn2C. The van der Waals surface area contributed by atoms with E-state index >= 15 is 0 Å². The molecular formula is C34H42N4O6S. The molecule has 0 amide bonds. The number of benzene rings is 3. The second kappa shape index (κ2) is 12.4. The number of sulfonamides is 1. The maximum absolute atomic E-state index is 14.2. The molecule has 0 fully saturated rings. The van der Waals surface area contributed by atoms with Crippen molar-refractivity contribution in [3.8, 4) is 11.5 Å². The lowest BCUT2D eigenvalue weighted by Crippen LogP contribution is -2.35. The Labute approximate surface area is 265 Å². The second-order valence-corrected chi connectivity index (χ2v) is 14.6. The lowest BCUT2D eigenvalue weighted by Gasteiger charge is -2.24. The van der Waals surface area contributed by atoms with Crippen LogP contribution in [-0.2, 0) is 38.6 Å². The van der Waals surface area contributed by atoms with Crippen molar-refractivity contribution < 1.29 is 27.4 Å². The molecule has 0 saturated carbocycles. The van der Waals surface area contributed by atoms with Gasteiger partial charge in [-0.1, -0.05) is 50.3 Å². The summed E-state index contributed by atoms with van der Waals surface area (Å²) < 4.78 is 48.6. The minimum absolute atomic E-state index is 0.0844. The number of methoxy groups -OCH3 is 1. The minimum atomic E-state index is -3.89. The Hall–Kier alpha value is -3.96. The van der Waals surface area contributed by atoms with Gasteiger partial charge < -0.3 is 14.2 Å². The van der Waals surface area contributed by atoms with Gasteiger partial charge in [-0.05, 0) is 78.3 Å². The first-order valence-corrected chi connectivity index (χ1v) is 16.6. The molecule has 10 nitrogen and oxygen atoms in total. The Morgan fingerprint density at radius 2 is 1.87 bits per heavy atom. The van der Waals surface area contributed by atoms with E-state index in [1.165, 1.54) is 4.31 Å². The quantitative estimate of drug-likeness (QED) is 0.229. The third-order valence-corrected chi connectivity index (χ3v) is 10.2. The highest BCUT2D eigenvalue weighted by Gasteiger charge is 2.35. The van der Waals surface area contributed by atoms with Crippen LogP contribution in [0.15, 0.2) is 53.4 Å². The summed E-state index contributed by atoms with van der Waals surface area (Å²) in [5, 5.41) is 8.43. The van der Waals surface area contributed by atoms with Gasteiger partial charge in [-0.15, -0.1) is 5.10 Å². The molecule has 0 aliphatic carbocycles. The van der Waals surface area contributed by atoms with Crippen molar-refractivity contribution in [2.45, 2.75) is 76.8 Å². The third-order valence-electron chi connectivity index (χ3n) is 8.32. The molecule has 45 heavy (non-hydrogen) atoms. The van der Waals surface area contributed by atoms with Crippen LogP contribution in [0, 0.1) is 6.92 Å². The van der Waals surface area contributed by atoms with Crippen molar-refractivity contribution in [1.82, 2.24) is 19.3 Å². The highest BCUT2D eigenvalue weighted by atomic mass is 32.2. The molecule has 0 bridgehead atoms. The molecule has 2 atom stereocenters. The highest BCUT2D eigenvalue weighted by molar-refractivity contribution is 7.89. The van der Waals surface area contributed by atoms with Crippen LogP contribution < -0.4 is 9.47 Å². The van der Waals surface area contributed by atoms with Crippen LogP contribution in [0.1, 0.15) is 74.8 Å². The summed E-state index contributed by atoms with van der Waals surface area (Å²) in [6.45, 7) is 12.4. The van der Waals surface area contributed by atoms with E-state index < -0.39 is 15.9 Å². The van der Waals surface area contributed by atoms with Gasteiger partial charge in [0.15, 0.2) is 0 Å². The molecule has 0 unspecified atom stereocenters. The summed E-state index contributed by atoms with van der Waals surface area (Å²) in [4.78, 5) is 13.1. The molecule has 3 aromatic carbocycles. The Morgan fingerprint density at radius 3 is 2.56 bits per heavy atom. The number of hydrogen-bond donors (Lipinski definition) is 0. The number of carbonyl (C=O) groups excluding carboxylic acids is 1. The Morgan fingerprint density at radius 1 is 1.11 bits per heavy atom. The van der Waals surface area contributed by atoms with Crippen molar-refractivity contribution in [1.29, 1.82) is 0 Å². The van der Waals surface area contributed by atoms with Crippen LogP contribution in [0.3, 0.4) is 0 Å². The molecule has 0 N–H and O–H groups in total.